The minimum Gasteiger partial charge on any atom is -0.395 e. The number of rotatable bonds is 3. The molecule has 1 aliphatic rings. The number of likely N-dealkylation sites (N-methyl/N-ethyl adjacent to an activating group) is 1. The van der Waals surface area contributed by atoms with Crippen molar-refractivity contribution in [2.45, 2.75) is 31.7 Å². The Balaban J connectivity index is 2.28. The summed E-state index contributed by atoms with van der Waals surface area (Å²) in [6, 6.07) is 0.509. The van der Waals surface area contributed by atoms with E-state index in [2.05, 4.69) is 4.90 Å². The molecule has 0 radical (unpaired) electrons. The maximum Gasteiger partial charge on any atom is 0.133 e. The predicted molar refractivity (Wildman–Crippen MR) is 47.0 cm³/mol. The molecule has 0 spiro atoms. The molecule has 0 heterocycles. The number of ketones is 1. The molecular weight excluding hydrogens is 154 g/mol. The van der Waals surface area contributed by atoms with Gasteiger partial charge in [0.25, 0.3) is 0 Å². The number of carbonyl (C=O) groups is 1. The van der Waals surface area contributed by atoms with E-state index >= 15 is 0 Å². The average Bonchev–Trinajstić information content (AvgIpc) is 2.06. The third-order valence-corrected chi connectivity index (χ3v) is 2.59. The van der Waals surface area contributed by atoms with Gasteiger partial charge in [0, 0.05) is 25.4 Å². The largest absolute Gasteiger partial charge is 0.395 e. The van der Waals surface area contributed by atoms with Crippen LogP contribution in [0.25, 0.3) is 0 Å². The van der Waals surface area contributed by atoms with Crippen molar-refractivity contribution in [3.8, 4) is 0 Å². The molecule has 3 nitrogen and oxygen atoms in total. The molecule has 0 aromatic heterocycles. The van der Waals surface area contributed by atoms with Gasteiger partial charge in [-0.3, -0.25) is 4.79 Å². The van der Waals surface area contributed by atoms with Crippen molar-refractivity contribution in [2.75, 3.05) is 20.2 Å². The number of hydrogen-bond acceptors (Lipinski definition) is 3. The molecule has 1 aliphatic carbocycles. The molecule has 1 fully saturated rings. The lowest BCUT2D eigenvalue weighted by molar-refractivity contribution is -0.121. The Hall–Kier alpha value is -0.410. The van der Waals surface area contributed by atoms with Gasteiger partial charge in [0.05, 0.1) is 6.61 Å². The van der Waals surface area contributed by atoms with Gasteiger partial charge < -0.3 is 10.0 Å². The highest BCUT2D eigenvalue weighted by Crippen LogP contribution is 2.18. The summed E-state index contributed by atoms with van der Waals surface area (Å²) in [7, 11) is 2.01. The van der Waals surface area contributed by atoms with Gasteiger partial charge in [-0.15, -0.1) is 0 Å². The van der Waals surface area contributed by atoms with E-state index in [1.807, 2.05) is 7.05 Å². The van der Waals surface area contributed by atoms with Crippen LogP contribution in [-0.2, 0) is 4.79 Å². The maximum absolute atomic E-state index is 10.9. The molecule has 1 saturated carbocycles. The van der Waals surface area contributed by atoms with E-state index in [1.54, 1.807) is 0 Å². The quantitative estimate of drug-likeness (QED) is 0.669. The zero-order chi connectivity index (χ0) is 8.97. The van der Waals surface area contributed by atoms with Crippen molar-refractivity contribution in [3.05, 3.63) is 0 Å². The Morgan fingerprint density at radius 1 is 1.50 bits per heavy atom. The lowest BCUT2D eigenvalue weighted by atomic mass is 9.93. The molecule has 0 bridgehead atoms. The number of nitrogens with zero attached hydrogens (tertiary/aromatic N) is 1. The molecule has 0 atom stereocenters. The van der Waals surface area contributed by atoms with Crippen molar-refractivity contribution in [1.82, 2.24) is 4.90 Å². The molecular formula is C9H17NO2. The van der Waals surface area contributed by atoms with Crippen LogP contribution in [0.15, 0.2) is 0 Å². The highest BCUT2D eigenvalue weighted by Gasteiger charge is 2.21. The second-order valence-electron chi connectivity index (χ2n) is 3.47. The summed E-state index contributed by atoms with van der Waals surface area (Å²) in [4.78, 5) is 13.1. The fraction of sp³-hybridized carbons (Fsp3) is 0.889. The van der Waals surface area contributed by atoms with E-state index < -0.39 is 0 Å². The summed E-state index contributed by atoms with van der Waals surface area (Å²) in [6.45, 7) is 0.930. The summed E-state index contributed by atoms with van der Waals surface area (Å²) in [5.74, 6) is 0.392. The van der Waals surface area contributed by atoms with Crippen LogP contribution in [0.5, 0.6) is 0 Å². The monoisotopic (exact) mass is 171 g/mol. The van der Waals surface area contributed by atoms with Crippen LogP contribution < -0.4 is 0 Å². The highest BCUT2D eigenvalue weighted by atomic mass is 16.3. The first-order valence-corrected chi connectivity index (χ1v) is 4.57. The normalized spacial score (nSPS) is 20.4. The smallest absolute Gasteiger partial charge is 0.133 e. The summed E-state index contributed by atoms with van der Waals surface area (Å²) in [5.41, 5.74) is 0. The van der Waals surface area contributed by atoms with E-state index in [1.165, 1.54) is 0 Å². The van der Waals surface area contributed by atoms with Crippen LogP contribution in [0.2, 0.25) is 0 Å². The zero-order valence-electron chi connectivity index (χ0n) is 7.62. The van der Waals surface area contributed by atoms with E-state index in [4.69, 9.17) is 5.11 Å². The molecule has 0 unspecified atom stereocenters. The second kappa shape index (κ2) is 4.58. The molecule has 0 aromatic carbocycles. The Morgan fingerprint density at radius 2 is 2.08 bits per heavy atom. The van der Waals surface area contributed by atoms with Crippen LogP contribution in [0.1, 0.15) is 25.7 Å². The highest BCUT2D eigenvalue weighted by molar-refractivity contribution is 5.79. The van der Waals surface area contributed by atoms with Gasteiger partial charge in [-0.05, 0) is 19.9 Å². The molecule has 1 rings (SSSR count). The number of Topliss-reactive ketones (excluding diaryl/α,β-unsaturated/α-hetero) is 1. The van der Waals surface area contributed by atoms with Gasteiger partial charge in [-0.2, -0.15) is 0 Å². The Bertz CT molecular complexity index is 149. The lowest BCUT2D eigenvalue weighted by Crippen LogP contribution is -2.36. The Labute approximate surface area is 73.4 Å². The fourth-order valence-corrected chi connectivity index (χ4v) is 1.71. The van der Waals surface area contributed by atoms with Gasteiger partial charge in [-0.25, -0.2) is 0 Å². The average molecular weight is 171 g/mol. The van der Waals surface area contributed by atoms with Crippen LogP contribution in [0.3, 0.4) is 0 Å². The van der Waals surface area contributed by atoms with E-state index in [0.29, 0.717) is 11.8 Å². The van der Waals surface area contributed by atoms with Crippen LogP contribution in [0, 0.1) is 0 Å². The van der Waals surface area contributed by atoms with Crippen molar-refractivity contribution in [3.63, 3.8) is 0 Å². The van der Waals surface area contributed by atoms with E-state index in [0.717, 1.165) is 32.2 Å². The number of aliphatic hydroxyl groups is 1. The molecule has 1 N–H and O–H groups in total. The molecule has 70 valence electrons. The predicted octanol–water partition coefficient (Wildman–Crippen LogP) is 0.422. The summed E-state index contributed by atoms with van der Waals surface area (Å²) in [6.07, 6.45) is 3.38. The van der Waals surface area contributed by atoms with Gasteiger partial charge in [0.15, 0.2) is 0 Å². The van der Waals surface area contributed by atoms with Crippen molar-refractivity contribution >= 4 is 5.78 Å². The maximum atomic E-state index is 10.9. The van der Waals surface area contributed by atoms with E-state index in [-0.39, 0.29) is 6.61 Å². The van der Waals surface area contributed by atoms with Gasteiger partial charge in [-0.1, -0.05) is 0 Å². The molecule has 0 saturated heterocycles. The SMILES string of the molecule is CN(CCO)C1CCC(=O)CC1. The topological polar surface area (TPSA) is 40.5 Å². The zero-order valence-corrected chi connectivity index (χ0v) is 7.62. The molecule has 0 aromatic rings. The first-order chi connectivity index (χ1) is 5.74. The standard InChI is InChI=1S/C9H17NO2/c1-10(6-7-11)8-2-4-9(12)5-3-8/h8,11H,2-7H2,1H3. The molecule has 0 aliphatic heterocycles. The van der Waals surface area contributed by atoms with Crippen LogP contribution in [0.4, 0.5) is 0 Å². The number of hydrogen-bond donors (Lipinski definition) is 1. The van der Waals surface area contributed by atoms with Gasteiger partial charge in [0.1, 0.15) is 5.78 Å². The van der Waals surface area contributed by atoms with Crippen LogP contribution in [-0.4, -0.2) is 42.0 Å². The van der Waals surface area contributed by atoms with Crippen molar-refractivity contribution in [2.24, 2.45) is 0 Å². The Morgan fingerprint density at radius 3 is 2.58 bits per heavy atom. The van der Waals surface area contributed by atoms with Crippen LogP contribution >= 0.6 is 0 Å². The number of aliphatic hydroxyl groups excluding tert-OH is 1. The minimum atomic E-state index is 0.209. The number of carbonyl (C=O) groups excluding carboxylic acids is 1. The Kier molecular flexibility index (Phi) is 3.69. The molecule has 0 amide bonds. The molecule has 12 heavy (non-hydrogen) atoms. The summed E-state index contributed by atoms with van der Waals surface area (Å²) < 4.78 is 0. The van der Waals surface area contributed by atoms with E-state index in [9.17, 15) is 4.79 Å². The third kappa shape index (κ3) is 2.57. The van der Waals surface area contributed by atoms with Gasteiger partial charge >= 0.3 is 0 Å². The lowest BCUT2D eigenvalue weighted by Gasteiger charge is -2.29. The molecule has 3 heteroatoms. The summed E-state index contributed by atoms with van der Waals surface area (Å²) in [5, 5.41) is 8.71. The fourth-order valence-electron chi connectivity index (χ4n) is 1.71. The first-order valence-electron chi connectivity index (χ1n) is 4.57. The summed E-state index contributed by atoms with van der Waals surface area (Å²) >= 11 is 0. The van der Waals surface area contributed by atoms with Gasteiger partial charge in [0.2, 0.25) is 0 Å². The third-order valence-electron chi connectivity index (χ3n) is 2.59. The minimum absolute atomic E-state index is 0.209. The second-order valence-corrected chi connectivity index (χ2v) is 3.47. The first kappa shape index (κ1) is 9.68. The van der Waals surface area contributed by atoms with Crippen molar-refractivity contribution < 1.29 is 9.90 Å². The van der Waals surface area contributed by atoms with Crippen molar-refractivity contribution in [1.29, 1.82) is 0 Å².